The number of carbonyl (C=O) groups excluding carboxylic acids is 2. The van der Waals surface area contributed by atoms with E-state index >= 15 is 0 Å². The Bertz CT molecular complexity index is 525. The first-order valence-electron chi connectivity index (χ1n) is 4.08. The first kappa shape index (κ1) is 7.75. The molecule has 0 radical (unpaired) electrons. The Morgan fingerprint density at radius 1 is 1.00 bits per heavy atom. The number of ketones is 2. The number of hydrogen-bond donors (Lipinski definition) is 0. The second-order valence-electron chi connectivity index (χ2n) is 3.17. The first-order valence-corrected chi connectivity index (χ1v) is 4.81. The summed E-state index contributed by atoms with van der Waals surface area (Å²) in [5.41, 5.74) is 2.37. The number of hydrogen-bond acceptors (Lipinski definition) is 5. The molecule has 5 heteroatoms. The summed E-state index contributed by atoms with van der Waals surface area (Å²) in [5.74, 6) is -0.222. The van der Waals surface area contributed by atoms with Crippen LogP contribution in [0.15, 0.2) is 12.1 Å². The number of carbonyl (C=O) groups is 2. The van der Waals surface area contributed by atoms with Gasteiger partial charge in [-0.25, -0.2) is 0 Å². The fourth-order valence-electron chi connectivity index (χ4n) is 1.63. The Morgan fingerprint density at radius 3 is 2.00 bits per heavy atom. The van der Waals surface area contributed by atoms with Gasteiger partial charge in [-0.05, 0) is 12.1 Å². The minimum atomic E-state index is -0.111. The molecular formula is C9H4N2O2S. The van der Waals surface area contributed by atoms with Crippen molar-refractivity contribution in [1.82, 2.24) is 8.75 Å². The third-order valence-corrected chi connectivity index (χ3v) is 2.87. The second kappa shape index (κ2) is 2.45. The van der Waals surface area contributed by atoms with E-state index in [4.69, 9.17) is 0 Å². The maximum Gasteiger partial charge on any atom is 0.171 e. The molecule has 0 bridgehead atoms. The van der Waals surface area contributed by atoms with Crippen LogP contribution in [0.25, 0.3) is 11.0 Å². The van der Waals surface area contributed by atoms with E-state index in [9.17, 15) is 9.59 Å². The Morgan fingerprint density at radius 2 is 1.50 bits per heavy atom. The summed E-state index contributed by atoms with van der Waals surface area (Å²) < 4.78 is 8.05. The van der Waals surface area contributed by atoms with Gasteiger partial charge in [0, 0.05) is 11.1 Å². The molecule has 0 amide bonds. The van der Waals surface area contributed by atoms with Crippen LogP contribution in [-0.2, 0) is 0 Å². The number of benzene rings is 1. The van der Waals surface area contributed by atoms with E-state index in [1.54, 1.807) is 12.1 Å². The molecule has 3 rings (SSSR count). The van der Waals surface area contributed by atoms with Gasteiger partial charge in [-0.1, -0.05) is 0 Å². The summed E-state index contributed by atoms with van der Waals surface area (Å²) in [5, 5.41) is 0. The molecule has 4 nitrogen and oxygen atoms in total. The summed E-state index contributed by atoms with van der Waals surface area (Å²) in [4.78, 5) is 22.8. The van der Waals surface area contributed by atoms with E-state index in [2.05, 4.69) is 8.75 Å². The molecule has 1 heterocycles. The van der Waals surface area contributed by atoms with Crippen molar-refractivity contribution in [3.05, 3.63) is 23.3 Å². The van der Waals surface area contributed by atoms with Crippen molar-refractivity contribution < 1.29 is 9.59 Å². The summed E-state index contributed by atoms with van der Waals surface area (Å²) in [6.45, 7) is 0. The normalized spacial score (nSPS) is 15.1. The van der Waals surface area contributed by atoms with Crippen molar-refractivity contribution in [2.45, 2.75) is 6.42 Å². The predicted molar refractivity (Wildman–Crippen MR) is 50.7 cm³/mol. The molecule has 1 aromatic heterocycles. The zero-order valence-electron chi connectivity index (χ0n) is 6.98. The minimum Gasteiger partial charge on any atom is -0.294 e. The predicted octanol–water partition coefficient (Wildman–Crippen LogP) is 1.46. The van der Waals surface area contributed by atoms with Crippen LogP contribution in [0.5, 0.6) is 0 Å². The van der Waals surface area contributed by atoms with Gasteiger partial charge in [0.2, 0.25) is 0 Å². The summed E-state index contributed by atoms with van der Waals surface area (Å²) in [6, 6.07) is 3.31. The van der Waals surface area contributed by atoms with Crippen LogP contribution >= 0.6 is 11.7 Å². The van der Waals surface area contributed by atoms with Crippen molar-refractivity contribution in [2.24, 2.45) is 0 Å². The third kappa shape index (κ3) is 0.871. The van der Waals surface area contributed by atoms with Gasteiger partial charge in [-0.15, -0.1) is 0 Å². The van der Waals surface area contributed by atoms with Gasteiger partial charge in [0.15, 0.2) is 11.6 Å². The lowest BCUT2D eigenvalue weighted by molar-refractivity contribution is 0.0923. The summed E-state index contributed by atoms with van der Waals surface area (Å²) in [7, 11) is 0. The second-order valence-corrected chi connectivity index (χ2v) is 3.70. The van der Waals surface area contributed by atoms with Gasteiger partial charge in [-0.3, -0.25) is 9.59 Å². The number of fused-ring (bicyclic) bond motifs is 2. The van der Waals surface area contributed by atoms with E-state index in [0.29, 0.717) is 22.2 Å². The Hall–Kier alpha value is -1.62. The molecule has 14 heavy (non-hydrogen) atoms. The van der Waals surface area contributed by atoms with Crippen LogP contribution in [-0.4, -0.2) is 20.3 Å². The molecule has 0 saturated heterocycles. The minimum absolute atomic E-state index is 0.00856. The standard InChI is InChI=1S/C9H4N2O2S/c12-8-3-9(13)5-2-7-6(1-4(5)8)10-14-11-7/h1-2H,3H2. The summed E-state index contributed by atoms with van der Waals surface area (Å²) in [6.07, 6.45) is -0.00856. The van der Waals surface area contributed by atoms with Crippen molar-refractivity contribution >= 4 is 34.3 Å². The van der Waals surface area contributed by atoms with Crippen LogP contribution in [0.1, 0.15) is 27.1 Å². The van der Waals surface area contributed by atoms with Crippen molar-refractivity contribution in [3.8, 4) is 0 Å². The molecule has 0 spiro atoms. The zero-order valence-corrected chi connectivity index (χ0v) is 7.80. The van der Waals surface area contributed by atoms with Gasteiger partial charge in [0.1, 0.15) is 11.0 Å². The molecule has 1 aromatic carbocycles. The monoisotopic (exact) mass is 204 g/mol. The van der Waals surface area contributed by atoms with Crippen LogP contribution in [0.3, 0.4) is 0 Å². The molecule has 0 fully saturated rings. The number of nitrogens with zero attached hydrogens (tertiary/aromatic N) is 2. The van der Waals surface area contributed by atoms with Crippen LogP contribution < -0.4 is 0 Å². The smallest absolute Gasteiger partial charge is 0.171 e. The van der Waals surface area contributed by atoms with Crippen molar-refractivity contribution in [1.29, 1.82) is 0 Å². The molecule has 1 aliphatic rings. The van der Waals surface area contributed by atoms with Gasteiger partial charge >= 0.3 is 0 Å². The molecule has 68 valence electrons. The third-order valence-electron chi connectivity index (χ3n) is 2.31. The number of aromatic nitrogens is 2. The van der Waals surface area contributed by atoms with Crippen LogP contribution in [0.4, 0.5) is 0 Å². The number of Topliss-reactive ketones (excluding diaryl/α,β-unsaturated/α-hetero) is 2. The maximum atomic E-state index is 11.4. The number of rotatable bonds is 0. The van der Waals surface area contributed by atoms with E-state index < -0.39 is 0 Å². The van der Waals surface area contributed by atoms with Gasteiger partial charge in [0.25, 0.3) is 0 Å². The molecule has 0 atom stereocenters. The fourth-order valence-corrected chi connectivity index (χ4v) is 2.14. The highest BCUT2D eigenvalue weighted by atomic mass is 32.1. The lowest BCUT2D eigenvalue weighted by atomic mass is 10.1. The van der Waals surface area contributed by atoms with Crippen molar-refractivity contribution in [3.63, 3.8) is 0 Å². The highest BCUT2D eigenvalue weighted by molar-refractivity contribution is 7.00. The van der Waals surface area contributed by atoms with E-state index in [-0.39, 0.29) is 18.0 Å². The van der Waals surface area contributed by atoms with E-state index in [1.165, 1.54) is 0 Å². The zero-order chi connectivity index (χ0) is 9.71. The highest BCUT2D eigenvalue weighted by Gasteiger charge is 2.28. The topological polar surface area (TPSA) is 59.9 Å². The molecule has 0 aliphatic heterocycles. The largest absolute Gasteiger partial charge is 0.294 e. The first-order chi connectivity index (χ1) is 6.75. The molecule has 1 aliphatic carbocycles. The average Bonchev–Trinajstić information content (AvgIpc) is 2.70. The Labute approximate surface area is 82.9 Å². The molecule has 0 N–H and O–H groups in total. The average molecular weight is 204 g/mol. The van der Waals surface area contributed by atoms with E-state index in [1.807, 2.05) is 0 Å². The lowest BCUT2D eigenvalue weighted by Gasteiger charge is -1.93. The summed E-state index contributed by atoms with van der Waals surface area (Å²) >= 11 is 1.08. The van der Waals surface area contributed by atoms with Crippen LogP contribution in [0.2, 0.25) is 0 Å². The van der Waals surface area contributed by atoms with E-state index in [0.717, 1.165) is 11.7 Å². The van der Waals surface area contributed by atoms with Crippen molar-refractivity contribution in [2.75, 3.05) is 0 Å². The van der Waals surface area contributed by atoms with Gasteiger partial charge in [0.05, 0.1) is 18.1 Å². The quantitative estimate of drug-likeness (QED) is 0.609. The van der Waals surface area contributed by atoms with Gasteiger partial charge in [-0.2, -0.15) is 8.75 Å². The Kier molecular flexibility index (Phi) is 1.36. The molecule has 0 saturated carbocycles. The molecular weight excluding hydrogens is 200 g/mol. The molecule has 2 aromatic rings. The SMILES string of the molecule is O=C1CC(=O)c2cc3nsnc3cc21. The highest BCUT2D eigenvalue weighted by Crippen LogP contribution is 2.26. The fraction of sp³-hybridized carbons (Fsp3) is 0.111. The maximum absolute atomic E-state index is 11.4. The lowest BCUT2D eigenvalue weighted by Crippen LogP contribution is -1.90. The Balaban J connectivity index is 2.43. The van der Waals surface area contributed by atoms with Crippen LogP contribution in [0, 0.1) is 0 Å². The van der Waals surface area contributed by atoms with Gasteiger partial charge < -0.3 is 0 Å². The molecule has 0 unspecified atom stereocenters.